The third-order valence-electron chi connectivity index (χ3n) is 0. The summed E-state index contributed by atoms with van der Waals surface area (Å²) < 4.78 is 0. The van der Waals surface area contributed by atoms with Gasteiger partial charge in [-0.3, -0.25) is 0 Å². The van der Waals surface area contributed by atoms with Crippen molar-refractivity contribution in [3.63, 3.8) is 0 Å². The first-order valence-corrected chi connectivity index (χ1v) is 2.68. The van der Waals surface area contributed by atoms with Crippen molar-refractivity contribution in [1.29, 1.82) is 0 Å². The molecule has 1 atom stereocenters. The summed E-state index contributed by atoms with van der Waals surface area (Å²) in [5.41, 5.74) is 8.58. The number of rotatable bonds is 0. The summed E-state index contributed by atoms with van der Waals surface area (Å²) in [6.07, 6.45) is -0.667. The monoisotopic (exact) mass is 136 g/mol. The zero-order valence-electron chi connectivity index (χ0n) is 6.13. The van der Waals surface area contributed by atoms with Crippen LogP contribution >= 0.6 is 0 Å². The number of aliphatic hydroxyl groups excluding tert-OH is 1. The number of hydrogen-bond donors (Lipinski definition) is 4. The van der Waals surface area contributed by atoms with Crippen LogP contribution in [0.3, 0.4) is 0 Å². The highest BCUT2D eigenvalue weighted by Gasteiger charge is 1.98. The van der Waals surface area contributed by atoms with Crippen LogP contribution in [0.15, 0.2) is 0 Å². The van der Waals surface area contributed by atoms with E-state index in [4.69, 9.17) is 15.9 Å². The molecular formula is C5H16N2O2. The Morgan fingerprint density at radius 3 is 1.44 bits per heavy atom. The maximum Gasteiger partial charge on any atom is 0.107 e. The van der Waals surface area contributed by atoms with Gasteiger partial charge in [0.1, 0.15) is 5.72 Å². The summed E-state index contributed by atoms with van der Waals surface area (Å²) in [5.74, 6) is 0. The van der Waals surface area contributed by atoms with E-state index < -0.39 is 12.0 Å². The second kappa shape index (κ2) is 4.69. The molecule has 0 rings (SSSR count). The molecule has 0 fully saturated rings. The Bertz CT molecular complexity index is 49.7. The van der Waals surface area contributed by atoms with Gasteiger partial charge in [-0.25, -0.2) is 0 Å². The fraction of sp³-hybridized carbons (Fsp3) is 1.00. The lowest BCUT2D eigenvalue weighted by molar-refractivity contribution is 0.0881. The smallest absolute Gasteiger partial charge is 0.107 e. The van der Waals surface area contributed by atoms with Gasteiger partial charge in [0.25, 0.3) is 0 Å². The molecule has 0 saturated heterocycles. The molecule has 0 radical (unpaired) electrons. The van der Waals surface area contributed by atoms with E-state index in [-0.39, 0.29) is 0 Å². The molecular weight excluding hydrogens is 120 g/mol. The van der Waals surface area contributed by atoms with Crippen molar-refractivity contribution in [1.82, 2.24) is 0 Å². The van der Waals surface area contributed by atoms with Crippen LogP contribution in [-0.2, 0) is 0 Å². The van der Waals surface area contributed by atoms with Crippen LogP contribution in [0.25, 0.3) is 0 Å². The first kappa shape index (κ1) is 11.6. The van der Waals surface area contributed by atoms with Gasteiger partial charge in [-0.05, 0) is 20.8 Å². The molecule has 1 unspecified atom stereocenters. The highest BCUT2D eigenvalue weighted by molar-refractivity contribution is 4.47. The van der Waals surface area contributed by atoms with Crippen molar-refractivity contribution in [2.24, 2.45) is 11.5 Å². The quantitative estimate of drug-likeness (QED) is 0.320. The van der Waals surface area contributed by atoms with Gasteiger partial charge < -0.3 is 21.7 Å². The Balaban J connectivity index is 0. The third-order valence-corrected chi connectivity index (χ3v) is 0. The molecule has 58 valence electrons. The van der Waals surface area contributed by atoms with Gasteiger partial charge in [0.05, 0.1) is 6.23 Å². The third kappa shape index (κ3) is 10400. The number of aliphatic hydroxyl groups is 2. The topological polar surface area (TPSA) is 92.5 Å². The fourth-order valence-electron chi connectivity index (χ4n) is 0. The van der Waals surface area contributed by atoms with Crippen LogP contribution < -0.4 is 11.5 Å². The molecule has 4 nitrogen and oxygen atoms in total. The Morgan fingerprint density at radius 2 is 1.44 bits per heavy atom. The minimum absolute atomic E-state index is 0.667. The molecule has 0 aliphatic carbocycles. The zero-order chi connectivity index (χ0) is 8.08. The van der Waals surface area contributed by atoms with E-state index >= 15 is 0 Å². The molecule has 9 heavy (non-hydrogen) atoms. The lowest BCUT2D eigenvalue weighted by Gasteiger charge is -2.05. The summed E-state index contributed by atoms with van der Waals surface area (Å²) in [5, 5.41) is 16.1. The van der Waals surface area contributed by atoms with E-state index in [0.29, 0.717) is 0 Å². The largest absolute Gasteiger partial charge is 0.379 e. The molecule has 6 N–H and O–H groups in total. The fourth-order valence-corrected chi connectivity index (χ4v) is 0. The second-order valence-corrected chi connectivity index (χ2v) is 2.39. The molecule has 4 heteroatoms. The molecule has 0 heterocycles. The van der Waals surface area contributed by atoms with Crippen molar-refractivity contribution in [2.45, 2.75) is 32.7 Å². The first-order chi connectivity index (χ1) is 3.73. The van der Waals surface area contributed by atoms with Gasteiger partial charge >= 0.3 is 0 Å². The number of hydrogen-bond acceptors (Lipinski definition) is 4. The molecule has 0 aromatic carbocycles. The number of nitrogens with two attached hydrogens (primary N) is 2. The van der Waals surface area contributed by atoms with Crippen LogP contribution in [0.1, 0.15) is 20.8 Å². The van der Waals surface area contributed by atoms with E-state index in [2.05, 4.69) is 5.73 Å². The summed E-state index contributed by atoms with van der Waals surface area (Å²) >= 11 is 0. The van der Waals surface area contributed by atoms with Gasteiger partial charge in [0.2, 0.25) is 0 Å². The maximum absolute atomic E-state index is 8.30. The van der Waals surface area contributed by atoms with Gasteiger partial charge in [0.15, 0.2) is 0 Å². The summed E-state index contributed by atoms with van der Waals surface area (Å²) in [7, 11) is 0. The Morgan fingerprint density at radius 1 is 1.44 bits per heavy atom. The average molecular weight is 136 g/mol. The summed E-state index contributed by atoms with van der Waals surface area (Å²) in [6, 6.07) is 0. The standard InChI is InChI=1S/C3H9NO.C2H7NO/c1-3(2,4)5;1-2(3)4/h5H,4H2,1-2H3;2,4H,3H2,1H3. The van der Waals surface area contributed by atoms with Crippen molar-refractivity contribution < 1.29 is 10.2 Å². The molecule has 0 aromatic rings. The normalized spacial score (nSPS) is 13.7. The highest BCUT2D eigenvalue weighted by Crippen LogP contribution is 1.82. The predicted octanol–water partition coefficient (Wildman–Crippen LogP) is -1.04. The van der Waals surface area contributed by atoms with E-state index in [9.17, 15) is 0 Å². The van der Waals surface area contributed by atoms with Crippen LogP contribution in [-0.4, -0.2) is 22.2 Å². The summed E-state index contributed by atoms with van der Waals surface area (Å²) in [4.78, 5) is 0. The minimum atomic E-state index is -1.00. The Labute approximate surface area is 55.5 Å². The molecule has 0 bridgehead atoms. The van der Waals surface area contributed by atoms with Gasteiger partial charge in [-0.2, -0.15) is 0 Å². The SMILES string of the molecule is CC(C)(N)O.CC(N)O. The maximum atomic E-state index is 8.30. The average Bonchev–Trinajstić information content (AvgIpc) is 1.19. The van der Waals surface area contributed by atoms with Crippen molar-refractivity contribution in [3.8, 4) is 0 Å². The van der Waals surface area contributed by atoms with Gasteiger partial charge in [-0.1, -0.05) is 0 Å². The lowest BCUT2D eigenvalue weighted by Crippen LogP contribution is -2.30. The van der Waals surface area contributed by atoms with E-state index in [1.54, 1.807) is 0 Å². The van der Waals surface area contributed by atoms with E-state index in [1.165, 1.54) is 20.8 Å². The van der Waals surface area contributed by atoms with E-state index in [0.717, 1.165) is 0 Å². The Hall–Kier alpha value is -0.160. The second-order valence-electron chi connectivity index (χ2n) is 2.39. The first-order valence-electron chi connectivity index (χ1n) is 2.68. The Kier molecular flexibility index (Phi) is 6.06. The molecule has 0 aliphatic rings. The summed E-state index contributed by atoms with van der Waals surface area (Å²) in [6.45, 7) is 4.54. The lowest BCUT2D eigenvalue weighted by atomic mass is 10.4. The van der Waals surface area contributed by atoms with Crippen molar-refractivity contribution in [2.75, 3.05) is 0 Å². The van der Waals surface area contributed by atoms with Crippen LogP contribution in [0.2, 0.25) is 0 Å². The van der Waals surface area contributed by atoms with Crippen molar-refractivity contribution >= 4 is 0 Å². The van der Waals surface area contributed by atoms with Crippen LogP contribution in [0.5, 0.6) is 0 Å². The zero-order valence-corrected chi connectivity index (χ0v) is 6.13. The molecule has 0 aromatic heterocycles. The highest BCUT2D eigenvalue weighted by atomic mass is 16.3. The van der Waals surface area contributed by atoms with Gasteiger partial charge in [0, 0.05) is 0 Å². The minimum Gasteiger partial charge on any atom is -0.379 e. The van der Waals surface area contributed by atoms with Crippen LogP contribution in [0, 0.1) is 0 Å². The molecule has 0 amide bonds. The van der Waals surface area contributed by atoms with Crippen molar-refractivity contribution in [3.05, 3.63) is 0 Å². The van der Waals surface area contributed by atoms with Gasteiger partial charge in [-0.15, -0.1) is 0 Å². The predicted molar refractivity (Wildman–Crippen MR) is 36.4 cm³/mol. The van der Waals surface area contributed by atoms with Crippen LogP contribution in [0.4, 0.5) is 0 Å². The van der Waals surface area contributed by atoms with E-state index in [1.807, 2.05) is 0 Å². The molecule has 0 spiro atoms. The molecule has 0 saturated carbocycles. The molecule has 0 aliphatic heterocycles.